The second-order valence-corrected chi connectivity index (χ2v) is 4.13. The van der Waals surface area contributed by atoms with Gasteiger partial charge in [-0.25, -0.2) is 0 Å². The summed E-state index contributed by atoms with van der Waals surface area (Å²) in [6.45, 7) is 3.49. The highest BCUT2D eigenvalue weighted by molar-refractivity contribution is 5.89. The maximum Gasteiger partial charge on any atom is 0.224 e. The average Bonchev–Trinajstić information content (AvgIpc) is 2.38. The van der Waals surface area contributed by atoms with Crippen LogP contribution in [0.25, 0.3) is 0 Å². The van der Waals surface area contributed by atoms with Gasteiger partial charge in [0.25, 0.3) is 0 Å². The Balaban J connectivity index is 2.51. The van der Waals surface area contributed by atoms with Gasteiger partial charge >= 0.3 is 0 Å². The van der Waals surface area contributed by atoms with E-state index in [0.717, 1.165) is 11.3 Å². The van der Waals surface area contributed by atoms with Crippen LogP contribution in [0.5, 0.6) is 5.75 Å². The molecule has 0 saturated carbocycles. The zero-order valence-corrected chi connectivity index (χ0v) is 11.0. The summed E-state index contributed by atoms with van der Waals surface area (Å²) in [6, 6.07) is 6.88. The van der Waals surface area contributed by atoms with Crippen molar-refractivity contribution in [3.63, 3.8) is 0 Å². The number of nitrogens with one attached hydrogen (secondary N) is 1. The molecule has 0 saturated heterocycles. The molecule has 0 aromatic heterocycles. The van der Waals surface area contributed by atoms with Crippen LogP contribution in [0.3, 0.4) is 0 Å². The molecule has 1 aromatic rings. The number of hydrogen-bond donors (Lipinski definition) is 1. The molecule has 98 valence electrons. The van der Waals surface area contributed by atoms with Crippen molar-refractivity contribution < 1.29 is 14.3 Å². The van der Waals surface area contributed by atoms with Crippen LogP contribution in [-0.4, -0.2) is 24.8 Å². The van der Waals surface area contributed by atoms with Crippen molar-refractivity contribution in [1.29, 1.82) is 0 Å². The van der Waals surface area contributed by atoms with E-state index in [4.69, 9.17) is 4.74 Å². The van der Waals surface area contributed by atoms with Crippen LogP contribution in [0.4, 0.5) is 0 Å². The molecule has 1 atom stereocenters. The van der Waals surface area contributed by atoms with Crippen molar-refractivity contribution >= 4 is 11.7 Å². The van der Waals surface area contributed by atoms with Crippen LogP contribution in [-0.2, 0) is 16.0 Å². The summed E-state index contributed by atoms with van der Waals surface area (Å²) in [5.74, 6) is 0.654. The highest BCUT2D eigenvalue weighted by Gasteiger charge is 2.13. The molecular weight excluding hydrogens is 230 g/mol. The minimum absolute atomic E-state index is 0.0399. The van der Waals surface area contributed by atoms with E-state index < -0.39 is 6.04 Å². The number of benzene rings is 1. The number of hydrogen-bond acceptors (Lipinski definition) is 3. The van der Waals surface area contributed by atoms with Gasteiger partial charge < -0.3 is 10.1 Å². The topological polar surface area (TPSA) is 55.4 Å². The number of methoxy groups -OCH3 is 1. The molecule has 0 aliphatic rings. The van der Waals surface area contributed by atoms with Gasteiger partial charge in [-0.2, -0.15) is 0 Å². The van der Waals surface area contributed by atoms with E-state index in [-0.39, 0.29) is 18.1 Å². The zero-order valence-electron chi connectivity index (χ0n) is 11.0. The molecule has 18 heavy (non-hydrogen) atoms. The fourth-order valence-electron chi connectivity index (χ4n) is 1.61. The summed E-state index contributed by atoms with van der Waals surface area (Å²) in [7, 11) is 1.60. The van der Waals surface area contributed by atoms with E-state index in [1.165, 1.54) is 0 Å². The van der Waals surface area contributed by atoms with E-state index in [1.807, 2.05) is 24.3 Å². The van der Waals surface area contributed by atoms with Crippen molar-refractivity contribution in [3.8, 4) is 5.75 Å². The lowest BCUT2D eigenvalue weighted by Gasteiger charge is -2.11. The van der Waals surface area contributed by atoms with Gasteiger partial charge in [-0.1, -0.05) is 19.1 Å². The first-order valence-corrected chi connectivity index (χ1v) is 6.01. The normalized spacial score (nSPS) is 11.7. The molecule has 0 aliphatic carbocycles. The summed E-state index contributed by atoms with van der Waals surface area (Å²) < 4.78 is 5.04. The number of Topliss-reactive ketones (excluding diaryl/α,β-unsaturated/α-hetero) is 1. The predicted molar refractivity (Wildman–Crippen MR) is 69.6 cm³/mol. The van der Waals surface area contributed by atoms with E-state index in [9.17, 15) is 9.59 Å². The Morgan fingerprint density at radius 2 is 1.89 bits per heavy atom. The number of ether oxygens (including phenoxy) is 1. The predicted octanol–water partition coefficient (Wildman–Crippen LogP) is 1.72. The van der Waals surface area contributed by atoms with Gasteiger partial charge in [-0.3, -0.25) is 9.59 Å². The van der Waals surface area contributed by atoms with Crippen molar-refractivity contribution in [1.82, 2.24) is 5.32 Å². The molecule has 4 nitrogen and oxygen atoms in total. The first kappa shape index (κ1) is 14.2. The van der Waals surface area contributed by atoms with Crippen molar-refractivity contribution in [3.05, 3.63) is 29.8 Å². The molecule has 0 radical (unpaired) electrons. The van der Waals surface area contributed by atoms with Gasteiger partial charge in [-0.15, -0.1) is 0 Å². The van der Waals surface area contributed by atoms with Crippen molar-refractivity contribution in [2.24, 2.45) is 0 Å². The zero-order chi connectivity index (χ0) is 13.5. The first-order chi connectivity index (χ1) is 8.56. The van der Waals surface area contributed by atoms with E-state index in [1.54, 1.807) is 21.0 Å². The molecule has 0 heterocycles. The van der Waals surface area contributed by atoms with E-state index in [2.05, 4.69) is 5.32 Å². The third kappa shape index (κ3) is 4.20. The summed E-state index contributed by atoms with van der Waals surface area (Å²) in [5.41, 5.74) is 0.893. The lowest BCUT2D eigenvalue weighted by Crippen LogP contribution is -2.39. The second-order valence-electron chi connectivity index (χ2n) is 4.13. The summed E-state index contributed by atoms with van der Waals surface area (Å²) in [4.78, 5) is 23.1. The Bertz CT molecular complexity index is 412. The molecule has 0 aliphatic heterocycles. The van der Waals surface area contributed by atoms with Gasteiger partial charge in [-0.05, 0) is 24.6 Å². The Labute approximate surface area is 107 Å². The number of rotatable bonds is 6. The third-order valence-corrected chi connectivity index (χ3v) is 2.73. The first-order valence-electron chi connectivity index (χ1n) is 6.01. The van der Waals surface area contributed by atoms with Crippen LogP contribution >= 0.6 is 0 Å². The lowest BCUT2D eigenvalue weighted by atomic mass is 10.1. The minimum Gasteiger partial charge on any atom is -0.497 e. The molecule has 1 unspecified atom stereocenters. The highest BCUT2D eigenvalue weighted by Crippen LogP contribution is 2.11. The highest BCUT2D eigenvalue weighted by atomic mass is 16.5. The second kappa shape index (κ2) is 6.79. The van der Waals surface area contributed by atoms with Crippen LogP contribution in [0.2, 0.25) is 0 Å². The van der Waals surface area contributed by atoms with E-state index >= 15 is 0 Å². The maximum absolute atomic E-state index is 11.7. The number of carbonyl (C=O) groups is 2. The van der Waals surface area contributed by atoms with Gasteiger partial charge in [0.15, 0.2) is 5.78 Å². The molecule has 1 amide bonds. The fraction of sp³-hybridized carbons (Fsp3) is 0.429. The quantitative estimate of drug-likeness (QED) is 0.835. The molecule has 0 spiro atoms. The Kier molecular flexibility index (Phi) is 5.36. The summed E-state index contributed by atoms with van der Waals surface area (Å²) >= 11 is 0. The fourth-order valence-corrected chi connectivity index (χ4v) is 1.61. The number of carbonyl (C=O) groups excluding carboxylic acids is 2. The van der Waals surface area contributed by atoms with Gasteiger partial charge in [0.2, 0.25) is 5.91 Å². The number of amides is 1. The number of ketones is 1. The molecular formula is C14H19NO3. The minimum atomic E-state index is -0.416. The summed E-state index contributed by atoms with van der Waals surface area (Å²) in [5, 5.41) is 2.69. The SMILES string of the molecule is CCC(=O)C(C)NC(=O)Cc1ccc(OC)cc1. The van der Waals surface area contributed by atoms with Gasteiger partial charge in [0.1, 0.15) is 5.75 Å². The van der Waals surface area contributed by atoms with Gasteiger partial charge in [0, 0.05) is 6.42 Å². The standard InChI is InChI=1S/C14H19NO3/c1-4-13(16)10(2)15-14(17)9-11-5-7-12(18-3)8-6-11/h5-8,10H,4,9H2,1-3H3,(H,15,17). The largest absolute Gasteiger partial charge is 0.497 e. The van der Waals surface area contributed by atoms with Crippen molar-refractivity contribution in [2.45, 2.75) is 32.7 Å². The lowest BCUT2D eigenvalue weighted by molar-refractivity contribution is -0.126. The van der Waals surface area contributed by atoms with Crippen LogP contribution in [0.1, 0.15) is 25.8 Å². The monoisotopic (exact) mass is 249 g/mol. The molecule has 0 bridgehead atoms. The maximum atomic E-state index is 11.7. The molecule has 1 N–H and O–H groups in total. The Morgan fingerprint density at radius 3 is 2.39 bits per heavy atom. The Morgan fingerprint density at radius 1 is 1.28 bits per heavy atom. The average molecular weight is 249 g/mol. The van der Waals surface area contributed by atoms with Crippen LogP contribution in [0, 0.1) is 0 Å². The molecule has 4 heteroatoms. The molecule has 1 aromatic carbocycles. The summed E-state index contributed by atoms with van der Waals surface area (Å²) in [6.07, 6.45) is 0.704. The Hall–Kier alpha value is -1.84. The molecule has 0 fully saturated rings. The molecule has 1 rings (SSSR count). The van der Waals surface area contributed by atoms with Gasteiger partial charge in [0.05, 0.1) is 19.6 Å². The van der Waals surface area contributed by atoms with Crippen LogP contribution in [0.15, 0.2) is 24.3 Å². The van der Waals surface area contributed by atoms with E-state index in [0.29, 0.717) is 6.42 Å². The smallest absolute Gasteiger partial charge is 0.224 e. The van der Waals surface area contributed by atoms with Crippen LogP contribution < -0.4 is 10.1 Å². The third-order valence-electron chi connectivity index (χ3n) is 2.73. The van der Waals surface area contributed by atoms with Crippen molar-refractivity contribution in [2.75, 3.05) is 7.11 Å².